The fourth-order valence-corrected chi connectivity index (χ4v) is 3.29. The highest BCUT2D eigenvalue weighted by Gasteiger charge is 2.19. The van der Waals surface area contributed by atoms with Gasteiger partial charge in [0.25, 0.3) is 5.91 Å². The molecule has 1 aromatic heterocycles. The van der Waals surface area contributed by atoms with Crippen molar-refractivity contribution in [3.05, 3.63) is 40.8 Å². The van der Waals surface area contributed by atoms with Crippen LogP contribution in [0.2, 0.25) is 0 Å². The van der Waals surface area contributed by atoms with E-state index >= 15 is 0 Å². The molecule has 0 saturated carbocycles. The molecule has 0 aliphatic carbocycles. The first-order valence-corrected chi connectivity index (χ1v) is 9.49. The molecule has 0 aliphatic rings. The van der Waals surface area contributed by atoms with Crippen LogP contribution in [0.15, 0.2) is 23.2 Å². The summed E-state index contributed by atoms with van der Waals surface area (Å²) in [6.45, 7) is 7.99. The standard InChI is InChI=1S/C19H26N4OS/c1-11(2)17-20-13(4)16(19(22-17)25-7)18(24)21-14-8-9-15(23(5)6)12(3)10-14/h8-11H,1-7H3,(H,21,24). The molecule has 0 fully saturated rings. The first kappa shape index (κ1) is 19.2. The van der Waals surface area contributed by atoms with Crippen LogP contribution in [0, 0.1) is 13.8 Å². The lowest BCUT2D eigenvalue weighted by Gasteiger charge is -2.17. The van der Waals surface area contributed by atoms with E-state index in [9.17, 15) is 4.79 Å². The summed E-state index contributed by atoms with van der Waals surface area (Å²) >= 11 is 1.47. The number of thioether (sulfide) groups is 1. The largest absolute Gasteiger partial charge is 0.377 e. The molecule has 0 radical (unpaired) electrons. The molecule has 1 aromatic carbocycles. The molecule has 0 unspecified atom stereocenters. The Kier molecular flexibility index (Phi) is 6.06. The van der Waals surface area contributed by atoms with Gasteiger partial charge in [-0.05, 0) is 43.9 Å². The van der Waals surface area contributed by atoms with Crippen LogP contribution < -0.4 is 10.2 Å². The third kappa shape index (κ3) is 4.31. The van der Waals surface area contributed by atoms with E-state index < -0.39 is 0 Å². The lowest BCUT2D eigenvalue weighted by atomic mass is 10.1. The average molecular weight is 359 g/mol. The Hall–Kier alpha value is -2.08. The smallest absolute Gasteiger partial charge is 0.260 e. The highest BCUT2D eigenvalue weighted by molar-refractivity contribution is 7.98. The summed E-state index contributed by atoms with van der Waals surface area (Å²) in [4.78, 5) is 23.9. The van der Waals surface area contributed by atoms with E-state index in [-0.39, 0.29) is 11.8 Å². The predicted octanol–water partition coefficient (Wildman–Crippen LogP) is 4.26. The zero-order valence-electron chi connectivity index (χ0n) is 16.0. The Labute approximate surface area is 154 Å². The zero-order chi connectivity index (χ0) is 18.7. The Morgan fingerprint density at radius 2 is 1.88 bits per heavy atom. The molecule has 25 heavy (non-hydrogen) atoms. The van der Waals surface area contributed by atoms with E-state index in [1.807, 2.05) is 66.2 Å². The summed E-state index contributed by atoms with van der Waals surface area (Å²) < 4.78 is 0. The highest BCUT2D eigenvalue weighted by atomic mass is 32.2. The van der Waals surface area contributed by atoms with Crippen molar-refractivity contribution in [2.24, 2.45) is 0 Å². The van der Waals surface area contributed by atoms with Gasteiger partial charge in [0.15, 0.2) is 0 Å². The molecule has 1 heterocycles. The summed E-state index contributed by atoms with van der Waals surface area (Å²) in [5.41, 5.74) is 4.26. The average Bonchev–Trinajstić information content (AvgIpc) is 2.53. The van der Waals surface area contributed by atoms with E-state index in [0.29, 0.717) is 11.3 Å². The molecule has 6 heteroatoms. The molecule has 0 atom stereocenters. The monoisotopic (exact) mass is 358 g/mol. The number of benzene rings is 1. The van der Waals surface area contributed by atoms with Gasteiger partial charge in [0.1, 0.15) is 10.9 Å². The van der Waals surface area contributed by atoms with Gasteiger partial charge in [-0.1, -0.05) is 13.8 Å². The molecule has 0 bridgehead atoms. The molecular formula is C19H26N4OS. The maximum Gasteiger partial charge on any atom is 0.260 e. The van der Waals surface area contributed by atoms with Crippen LogP contribution in [0.3, 0.4) is 0 Å². The van der Waals surface area contributed by atoms with Crippen molar-refractivity contribution in [3.8, 4) is 0 Å². The molecular weight excluding hydrogens is 332 g/mol. The van der Waals surface area contributed by atoms with Gasteiger partial charge in [0, 0.05) is 31.4 Å². The van der Waals surface area contributed by atoms with Gasteiger partial charge in [-0.15, -0.1) is 11.8 Å². The van der Waals surface area contributed by atoms with Gasteiger partial charge in [-0.2, -0.15) is 0 Å². The maximum absolute atomic E-state index is 12.8. The van der Waals surface area contributed by atoms with E-state index in [1.165, 1.54) is 11.8 Å². The summed E-state index contributed by atoms with van der Waals surface area (Å²) in [5, 5.41) is 3.70. The van der Waals surface area contributed by atoms with Crippen LogP contribution in [0.25, 0.3) is 0 Å². The van der Waals surface area contributed by atoms with Crippen LogP contribution >= 0.6 is 11.8 Å². The van der Waals surface area contributed by atoms with E-state index in [0.717, 1.165) is 27.8 Å². The maximum atomic E-state index is 12.8. The number of aromatic nitrogens is 2. The van der Waals surface area contributed by atoms with Gasteiger partial charge in [-0.25, -0.2) is 9.97 Å². The quantitative estimate of drug-likeness (QED) is 0.639. The molecule has 0 saturated heterocycles. The van der Waals surface area contributed by atoms with Gasteiger partial charge < -0.3 is 10.2 Å². The number of carbonyl (C=O) groups is 1. The molecule has 2 aromatic rings. The summed E-state index contributed by atoms with van der Waals surface area (Å²) in [6.07, 6.45) is 1.93. The minimum atomic E-state index is -0.172. The lowest BCUT2D eigenvalue weighted by molar-refractivity contribution is 0.102. The van der Waals surface area contributed by atoms with Gasteiger partial charge in [0.2, 0.25) is 0 Å². The highest BCUT2D eigenvalue weighted by Crippen LogP contribution is 2.26. The van der Waals surface area contributed by atoms with Crippen LogP contribution in [-0.2, 0) is 0 Å². The molecule has 1 N–H and O–H groups in total. The van der Waals surface area contributed by atoms with Crippen LogP contribution in [-0.4, -0.2) is 36.2 Å². The topological polar surface area (TPSA) is 58.1 Å². The zero-order valence-corrected chi connectivity index (χ0v) is 16.8. The first-order valence-electron chi connectivity index (χ1n) is 8.26. The lowest BCUT2D eigenvalue weighted by Crippen LogP contribution is -2.18. The number of rotatable bonds is 5. The summed E-state index contributed by atoms with van der Waals surface area (Å²) in [6, 6.07) is 5.90. The Bertz CT molecular complexity index is 787. The number of hydrogen-bond acceptors (Lipinski definition) is 5. The number of nitrogens with zero attached hydrogens (tertiary/aromatic N) is 3. The van der Waals surface area contributed by atoms with Crippen molar-refractivity contribution in [2.75, 3.05) is 30.6 Å². The van der Waals surface area contributed by atoms with Crippen LogP contribution in [0.4, 0.5) is 11.4 Å². The fraction of sp³-hybridized carbons (Fsp3) is 0.421. The number of hydrogen-bond donors (Lipinski definition) is 1. The van der Waals surface area contributed by atoms with E-state index in [2.05, 4.69) is 20.2 Å². The van der Waals surface area contributed by atoms with Crippen molar-refractivity contribution in [3.63, 3.8) is 0 Å². The van der Waals surface area contributed by atoms with Crippen molar-refractivity contribution >= 4 is 29.0 Å². The molecule has 1 amide bonds. The second kappa shape index (κ2) is 7.87. The minimum absolute atomic E-state index is 0.172. The second-order valence-electron chi connectivity index (χ2n) is 6.56. The Balaban J connectivity index is 2.34. The van der Waals surface area contributed by atoms with Gasteiger partial charge in [0.05, 0.1) is 11.3 Å². The predicted molar refractivity (Wildman–Crippen MR) is 106 cm³/mol. The minimum Gasteiger partial charge on any atom is -0.377 e. The number of carbonyl (C=O) groups excluding carboxylic acids is 1. The van der Waals surface area contributed by atoms with E-state index in [1.54, 1.807) is 0 Å². The molecule has 134 valence electrons. The van der Waals surface area contributed by atoms with Gasteiger partial charge in [-0.3, -0.25) is 4.79 Å². The number of nitrogens with one attached hydrogen (secondary N) is 1. The molecule has 0 aliphatic heterocycles. The van der Waals surface area contributed by atoms with Crippen molar-refractivity contribution < 1.29 is 4.79 Å². The second-order valence-corrected chi connectivity index (χ2v) is 7.35. The fourth-order valence-electron chi connectivity index (χ4n) is 2.66. The number of anilines is 2. The molecule has 0 spiro atoms. The first-order chi connectivity index (χ1) is 11.7. The van der Waals surface area contributed by atoms with Crippen molar-refractivity contribution in [1.82, 2.24) is 9.97 Å². The third-order valence-electron chi connectivity index (χ3n) is 3.95. The molecule has 5 nitrogen and oxygen atoms in total. The van der Waals surface area contributed by atoms with Gasteiger partial charge >= 0.3 is 0 Å². The van der Waals surface area contributed by atoms with Crippen LogP contribution in [0.5, 0.6) is 0 Å². The molecule has 2 rings (SSSR count). The Morgan fingerprint density at radius 3 is 2.40 bits per heavy atom. The third-order valence-corrected chi connectivity index (χ3v) is 4.63. The van der Waals surface area contributed by atoms with Crippen molar-refractivity contribution in [2.45, 2.75) is 38.6 Å². The Morgan fingerprint density at radius 1 is 1.20 bits per heavy atom. The number of aryl methyl sites for hydroxylation is 2. The van der Waals surface area contributed by atoms with Crippen molar-refractivity contribution in [1.29, 1.82) is 0 Å². The number of amides is 1. The normalized spacial score (nSPS) is 10.9. The van der Waals surface area contributed by atoms with E-state index in [4.69, 9.17) is 0 Å². The SMILES string of the molecule is CSc1nc(C(C)C)nc(C)c1C(=O)Nc1ccc(N(C)C)c(C)c1. The summed E-state index contributed by atoms with van der Waals surface area (Å²) in [7, 11) is 4.00. The van der Waals surface area contributed by atoms with Crippen LogP contribution in [0.1, 0.15) is 47.2 Å². The summed E-state index contributed by atoms with van der Waals surface area (Å²) in [5.74, 6) is 0.821.